The molecule has 0 aliphatic heterocycles. The standard InChI is InChI=1S/C14H11ClF3N3O/c1-8-4-5-19-12(6-8)21-13(22)20-9-2-3-11(15)10(7-9)14(16,17)18/h2-7H,1H3,(H2,19,20,21,22). The summed E-state index contributed by atoms with van der Waals surface area (Å²) in [5, 5.41) is 4.30. The Kier molecular flexibility index (Phi) is 4.56. The third-order valence-electron chi connectivity index (χ3n) is 2.69. The fourth-order valence-corrected chi connectivity index (χ4v) is 1.93. The molecule has 22 heavy (non-hydrogen) atoms. The van der Waals surface area contributed by atoms with E-state index in [9.17, 15) is 18.0 Å². The number of carbonyl (C=O) groups excluding carboxylic acids is 1. The third-order valence-corrected chi connectivity index (χ3v) is 3.02. The summed E-state index contributed by atoms with van der Waals surface area (Å²) in [5.74, 6) is 0.294. The summed E-state index contributed by atoms with van der Waals surface area (Å²) in [6.07, 6.45) is -3.08. The van der Waals surface area contributed by atoms with E-state index in [0.29, 0.717) is 5.82 Å². The zero-order valence-electron chi connectivity index (χ0n) is 11.3. The van der Waals surface area contributed by atoms with Crippen LogP contribution in [0.2, 0.25) is 5.02 Å². The van der Waals surface area contributed by atoms with Crippen LogP contribution in [0.4, 0.5) is 29.5 Å². The van der Waals surface area contributed by atoms with Crippen molar-refractivity contribution < 1.29 is 18.0 Å². The maximum absolute atomic E-state index is 12.7. The SMILES string of the molecule is Cc1ccnc(NC(=O)Nc2ccc(Cl)c(C(F)(F)F)c2)c1. The zero-order valence-corrected chi connectivity index (χ0v) is 12.1. The lowest BCUT2D eigenvalue weighted by Gasteiger charge is -2.12. The van der Waals surface area contributed by atoms with Crippen molar-refractivity contribution >= 4 is 29.1 Å². The number of aromatic nitrogens is 1. The molecule has 0 fully saturated rings. The Hall–Kier alpha value is -2.28. The molecule has 0 saturated heterocycles. The molecule has 2 amide bonds. The molecule has 0 aliphatic carbocycles. The number of nitrogens with zero attached hydrogens (tertiary/aromatic N) is 1. The molecular formula is C14H11ClF3N3O. The predicted molar refractivity (Wildman–Crippen MR) is 78.1 cm³/mol. The summed E-state index contributed by atoms with van der Waals surface area (Å²) in [4.78, 5) is 15.7. The molecule has 8 heteroatoms. The maximum atomic E-state index is 12.7. The summed E-state index contributed by atoms with van der Waals surface area (Å²) in [6.45, 7) is 1.82. The van der Waals surface area contributed by atoms with Crippen molar-refractivity contribution in [1.82, 2.24) is 4.98 Å². The lowest BCUT2D eigenvalue weighted by atomic mass is 10.2. The average molecular weight is 330 g/mol. The van der Waals surface area contributed by atoms with Crippen molar-refractivity contribution in [2.45, 2.75) is 13.1 Å². The molecule has 0 spiro atoms. The van der Waals surface area contributed by atoms with Crippen LogP contribution >= 0.6 is 11.6 Å². The van der Waals surface area contributed by atoms with Gasteiger partial charge in [-0.3, -0.25) is 5.32 Å². The molecule has 0 unspecified atom stereocenters. The molecule has 1 heterocycles. The van der Waals surface area contributed by atoms with Crippen molar-refractivity contribution in [3.63, 3.8) is 0 Å². The van der Waals surface area contributed by atoms with E-state index in [-0.39, 0.29) is 5.69 Å². The molecular weight excluding hydrogens is 319 g/mol. The van der Waals surface area contributed by atoms with E-state index in [0.717, 1.165) is 17.7 Å². The summed E-state index contributed by atoms with van der Waals surface area (Å²) in [5.41, 5.74) is -0.154. The Morgan fingerprint density at radius 1 is 1.18 bits per heavy atom. The highest BCUT2D eigenvalue weighted by Gasteiger charge is 2.33. The monoisotopic (exact) mass is 329 g/mol. The van der Waals surface area contributed by atoms with E-state index >= 15 is 0 Å². The molecule has 0 atom stereocenters. The van der Waals surface area contributed by atoms with Crippen molar-refractivity contribution in [2.24, 2.45) is 0 Å². The van der Waals surface area contributed by atoms with Gasteiger partial charge in [0.1, 0.15) is 5.82 Å². The first kappa shape index (κ1) is 16.1. The number of carbonyl (C=O) groups is 1. The number of amides is 2. The predicted octanol–water partition coefficient (Wildman–Crippen LogP) is 4.71. The highest BCUT2D eigenvalue weighted by atomic mass is 35.5. The lowest BCUT2D eigenvalue weighted by molar-refractivity contribution is -0.137. The Morgan fingerprint density at radius 2 is 1.91 bits per heavy atom. The summed E-state index contributed by atoms with van der Waals surface area (Å²) in [6, 6.07) is 5.80. The molecule has 4 nitrogen and oxygen atoms in total. The van der Waals surface area contributed by atoms with Crippen LogP contribution in [0.3, 0.4) is 0 Å². The van der Waals surface area contributed by atoms with Crippen molar-refractivity contribution in [2.75, 3.05) is 10.6 Å². The van der Waals surface area contributed by atoms with E-state index in [4.69, 9.17) is 11.6 Å². The number of aryl methyl sites for hydroxylation is 1. The molecule has 2 aromatic rings. The number of halogens is 4. The zero-order chi connectivity index (χ0) is 16.3. The van der Waals surface area contributed by atoms with E-state index in [1.54, 1.807) is 12.1 Å². The van der Waals surface area contributed by atoms with Gasteiger partial charge in [0.05, 0.1) is 10.6 Å². The molecule has 1 aromatic carbocycles. The van der Waals surface area contributed by atoms with Gasteiger partial charge in [0, 0.05) is 11.9 Å². The first-order valence-electron chi connectivity index (χ1n) is 6.13. The van der Waals surface area contributed by atoms with Gasteiger partial charge in [-0.2, -0.15) is 13.2 Å². The van der Waals surface area contributed by atoms with Gasteiger partial charge in [0.15, 0.2) is 0 Å². The van der Waals surface area contributed by atoms with Gasteiger partial charge in [-0.15, -0.1) is 0 Å². The quantitative estimate of drug-likeness (QED) is 0.838. The van der Waals surface area contributed by atoms with Crippen LogP contribution in [0, 0.1) is 6.92 Å². The van der Waals surface area contributed by atoms with Crippen LogP contribution in [0.5, 0.6) is 0 Å². The second-order valence-electron chi connectivity index (χ2n) is 4.49. The minimum absolute atomic E-state index is 0.0260. The van der Waals surface area contributed by atoms with Crippen molar-refractivity contribution in [3.05, 3.63) is 52.7 Å². The number of nitrogens with one attached hydrogen (secondary N) is 2. The Balaban J connectivity index is 2.12. The first-order chi connectivity index (χ1) is 10.3. The van der Waals surface area contributed by atoms with Crippen LogP contribution in [0.25, 0.3) is 0 Å². The second-order valence-corrected chi connectivity index (χ2v) is 4.90. The minimum atomic E-state index is -4.59. The Bertz CT molecular complexity index is 704. The third kappa shape index (κ3) is 4.11. The highest BCUT2D eigenvalue weighted by Crippen LogP contribution is 2.36. The lowest BCUT2D eigenvalue weighted by Crippen LogP contribution is -2.20. The van der Waals surface area contributed by atoms with Crippen molar-refractivity contribution in [3.8, 4) is 0 Å². The number of alkyl halides is 3. The van der Waals surface area contributed by atoms with Gasteiger partial charge in [-0.05, 0) is 42.8 Å². The van der Waals surface area contributed by atoms with Crippen LogP contribution < -0.4 is 10.6 Å². The molecule has 0 radical (unpaired) electrons. The number of hydrogen-bond donors (Lipinski definition) is 2. The molecule has 0 aliphatic rings. The Labute approximate surface area is 129 Å². The Morgan fingerprint density at radius 3 is 2.55 bits per heavy atom. The summed E-state index contributed by atoms with van der Waals surface area (Å²) in [7, 11) is 0. The van der Waals surface area contributed by atoms with Gasteiger partial charge in [0.2, 0.25) is 0 Å². The topological polar surface area (TPSA) is 54.0 Å². The molecule has 1 aromatic heterocycles. The maximum Gasteiger partial charge on any atom is 0.417 e. The largest absolute Gasteiger partial charge is 0.417 e. The smallest absolute Gasteiger partial charge is 0.308 e. The molecule has 0 saturated carbocycles. The fraction of sp³-hybridized carbons (Fsp3) is 0.143. The fourth-order valence-electron chi connectivity index (χ4n) is 1.70. The van der Waals surface area contributed by atoms with Gasteiger partial charge in [0.25, 0.3) is 0 Å². The minimum Gasteiger partial charge on any atom is -0.308 e. The van der Waals surface area contributed by atoms with Crippen LogP contribution in [0.1, 0.15) is 11.1 Å². The molecule has 0 bridgehead atoms. The van der Waals surface area contributed by atoms with Crippen LogP contribution in [-0.4, -0.2) is 11.0 Å². The number of urea groups is 1. The van der Waals surface area contributed by atoms with E-state index in [1.165, 1.54) is 12.3 Å². The van der Waals surface area contributed by atoms with Gasteiger partial charge >= 0.3 is 12.2 Å². The molecule has 116 valence electrons. The van der Waals surface area contributed by atoms with Gasteiger partial charge in [-0.1, -0.05) is 11.6 Å². The summed E-state index contributed by atoms with van der Waals surface area (Å²) >= 11 is 5.51. The van der Waals surface area contributed by atoms with Gasteiger partial charge in [-0.25, -0.2) is 9.78 Å². The number of pyridine rings is 1. The second kappa shape index (κ2) is 6.23. The van der Waals surface area contributed by atoms with Crippen LogP contribution in [-0.2, 0) is 6.18 Å². The van der Waals surface area contributed by atoms with E-state index in [2.05, 4.69) is 15.6 Å². The number of benzene rings is 1. The van der Waals surface area contributed by atoms with E-state index in [1.807, 2.05) is 6.92 Å². The molecule has 2 rings (SSSR count). The first-order valence-corrected chi connectivity index (χ1v) is 6.51. The van der Waals surface area contributed by atoms with Crippen LogP contribution in [0.15, 0.2) is 36.5 Å². The van der Waals surface area contributed by atoms with Crippen molar-refractivity contribution in [1.29, 1.82) is 0 Å². The number of rotatable bonds is 2. The number of hydrogen-bond acceptors (Lipinski definition) is 2. The highest BCUT2D eigenvalue weighted by molar-refractivity contribution is 6.31. The summed E-state index contributed by atoms with van der Waals surface area (Å²) < 4.78 is 38.2. The van der Waals surface area contributed by atoms with E-state index < -0.39 is 22.8 Å². The van der Waals surface area contributed by atoms with Gasteiger partial charge < -0.3 is 5.32 Å². The normalized spacial score (nSPS) is 11.1. The molecule has 2 N–H and O–H groups in total. The number of anilines is 2. The average Bonchev–Trinajstić information content (AvgIpc) is 2.39.